The van der Waals surface area contributed by atoms with Crippen molar-refractivity contribution in [2.24, 2.45) is 0 Å². The highest BCUT2D eigenvalue weighted by Gasteiger charge is 2.14. The van der Waals surface area contributed by atoms with Crippen molar-refractivity contribution >= 4 is 0 Å². The maximum atomic E-state index is 9.35. The van der Waals surface area contributed by atoms with Crippen LogP contribution in [0.1, 0.15) is 39.0 Å². The summed E-state index contributed by atoms with van der Waals surface area (Å²) in [6.45, 7) is 2.18. The molecule has 0 aliphatic heterocycles. The smallest absolute Gasteiger partial charge is 0.0753 e. The summed E-state index contributed by atoms with van der Waals surface area (Å²) in [6, 6.07) is 0. The summed E-state index contributed by atoms with van der Waals surface area (Å²) in [5.41, 5.74) is 1.28. The molecule has 1 aliphatic carbocycles. The summed E-state index contributed by atoms with van der Waals surface area (Å²) in [5, 5.41) is 9.35. The number of unbranched alkanes of at least 4 members (excludes halogenated alkanes) is 1. The third-order valence-corrected chi connectivity index (χ3v) is 2.09. The SMILES string of the molecule is CCCCC1=CCCC1O. The van der Waals surface area contributed by atoms with Crippen LogP contribution in [0.25, 0.3) is 0 Å². The molecule has 0 aromatic rings. The first kappa shape index (κ1) is 7.80. The molecule has 0 spiro atoms. The Morgan fingerprint density at radius 3 is 3.00 bits per heavy atom. The Hall–Kier alpha value is -0.300. The van der Waals surface area contributed by atoms with E-state index in [2.05, 4.69) is 13.0 Å². The molecule has 0 saturated carbocycles. The van der Waals surface area contributed by atoms with E-state index >= 15 is 0 Å². The molecule has 0 bridgehead atoms. The fourth-order valence-electron chi connectivity index (χ4n) is 1.40. The van der Waals surface area contributed by atoms with Gasteiger partial charge < -0.3 is 5.11 Å². The lowest BCUT2D eigenvalue weighted by atomic mass is 10.1. The molecule has 58 valence electrons. The van der Waals surface area contributed by atoms with Crippen molar-refractivity contribution in [3.05, 3.63) is 11.6 Å². The molecule has 1 aliphatic rings. The van der Waals surface area contributed by atoms with Crippen molar-refractivity contribution in [2.75, 3.05) is 0 Å². The van der Waals surface area contributed by atoms with Crippen LogP contribution < -0.4 is 0 Å². The van der Waals surface area contributed by atoms with Gasteiger partial charge >= 0.3 is 0 Å². The van der Waals surface area contributed by atoms with Gasteiger partial charge in [0.1, 0.15) is 0 Å². The fraction of sp³-hybridized carbons (Fsp3) is 0.778. The van der Waals surface area contributed by atoms with Crippen LogP contribution in [-0.2, 0) is 0 Å². The Morgan fingerprint density at radius 1 is 1.70 bits per heavy atom. The predicted molar refractivity (Wildman–Crippen MR) is 42.8 cm³/mol. The van der Waals surface area contributed by atoms with E-state index in [1.165, 1.54) is 18.4 Å². The molecule has 1 heteroatoms. The van der Waals surface area contributed by atoms with Gasteiger partial charge in [-0.15, -0.1) is 0 Å². The number of hydrogen-bond donors (Lipinski definition) is 1. The van der Waals surface area contributed by atoms with Crippen LogP contribution in [0.15, 0.2) is 11.6 Å². The van der Waals surface area contributed by atoms with Gasteiger partial charge in [0.2, 0.25) is 0 Å². The summed E-state index contributed by atoms with van der Waals surface area (Å²) in [6.07, 6.45) is 7.69. The van der Waals surface area contributed by atoms with E-state index < -0.39 is 0 Å². The van der Waals surface area contributed by atoms with Crippen LogP contribution in [0.4, 0.5) is 0 Å². The lowest BCUT2D eigenvalue weighted by Crippen LogP contribution is -2.03. The molecule has 1 atom stereocenters. The van der Waals surface area contributed by atoms with Crippen LogP contribution in [0.2, 0.25) is 0 Å². The Kier molecular flexibility index (Phi) is 2.94. The number of hydrogen-bond acceptors (Lipinski definition) is 1. The maximum absolute atomic E-state index is 9.35. The summed E-state index contributed by atoms with van der Waals surface area (Å²) in [4.78, 5) is 0. The van der Waals surface area contributed by atoms with E-state index in [0.717, 1.165) is 19.3 Å². The van der Waals surface area contributed by atoms with E-state index in [1.807, 2.05) is 0 Å². The monoisotopic (exact) mass is 140 g/mol. The Bertz CT molecular complexity index is 127. The molecule has 1 N–H and O–H groups in total. The van der Waals surface area contributed by atoms with Gasteiger partial charge in [-0.05, 0) is 31.3 Å². The molecule has 1 nitrogen and oxygen atoms in total. The molecule has 0 radical (unpaired) electrons. The second-order valence-electron chi connectivity index (χ2n) is 2.98. The number of rotatable bonds is 3. The summed E-state index contributed by atoms with van der Waals surface area (Å²) < 4.78 is 0. The topological polar surface area (TPSA) is 20.2 Å². The Morgan fingerprint density at radius 2 is 2.50 bits per heavy atom. The van der Waals surface area contributed by atoms with Crippen molar-refractivity contribution in [1.29, 1.82) is 0 Å². The molecule has 0 aromatic carbocycles. The average Bonchev–Trinajstić information content (AvgIpc) is 2.31. The summed E-state index contributed by atoms with van der Waals surface area (Å²) >= 11 is 0. The molecule has 1 rings (SSSR count). The lowest BCUT2D eigenvalue weighted by molar-refractivity contribution is 0.207. The quantitative estimate of drug-likeness (QED) is 0.596. The fourth-order valence-corrected chi connectivity index (χ4v) is 1.40. The Balaban J connectivity index is 2.26. The maximum Gasteiger partial charge on any atom is 0.0753 e. The minimum Gasteiger partial charge on any atom is -0.389 e. The molecular formula is C9H16O. The average molecular weight is 140 g/mol. The normalized spacial score (nSPS) is 25.0. The van der Waals surface area contributed by atoms with E-state index in [-0.39, 0.29) is 6.10 Å². The first-order valence-electron chi connectivity index (χ1n) is 4.21. The van der Waals surface area contributed by atoms with E-state index in [0.29, 0.717) is 0 Å². The van der Waals surface area contributed by atoms with Gasteiger partial charge in [0.25, 0.3) is 0 Å². The third kappa shape index (κ3) is 1.84. The van der Waals surface area contributed by atoms with Gasteiger partial charge in [-0.2, -0.15) is 0 Å². The molecular weight excluding hydrogens is 124 g/mol. The largest absolute Gasteiger partial charge is 0.389 e. The second-order valence-corrected chi connectivity index (χ2v) is 2.98. The van der Waals surface area contributed by atoms with Crippen molar-refractivity contribution in [3.63, 3.8) is 0 Å². The Labute approximate surface area is 62.8 Å². The summed E-state index contributed by atoms with van der Waals surface area (Å²) in [5.74, 6) is 0. The van der Waals surface area contributed by atoms with Crippen LogP contribution >= 0.6 is 0 Å². The van der Waals surface area contributed by atoms with Gasteiger partial charge in [-0.25, -0.2) is 0 Å². The number of allylic oxidation sites excluding steroid dienone is 1. The van der Waals surface area contributed by atoms with Crippen LogP contribution in [-0.4, -0.2) is 11.2 Å². The van der Waals surface area contributed by atoms with Crippen molar-refractivity contribution in [1.82, 2.24) is 0 Å². The van der Waals surface area contributed by atoms with Gasteiger partial charge in [-0.1, -0.05) is 19.4 Å². The summed E-state index contributed by atoms with van der Waals surface area (Å²) in [7, 11) is 0. The van der Waals surface area contributed by atoms with Gasteiger partial charge in [0.05, 0.1) is 6.10 Å². The van der Waals surface area contributed by atoms with Gasteiger partial charge in [0, 0.05) is 0 Å². The zero-order valence-corrected chi connectivity index (χ0v) is 6.64. The molecule has 0 saturated heterocycles. The first-order chi connectivity index (χ1) is 4.84. The standard InChI is InChI=1S/C9H16O/c1-2-3-5-8-6-4-7-9(8)10/h6,9-10H,2-5,7H2,1H3. The first-order valence-corrected chi connectivity index (χ1v) is 4.21. The van der Waals surface area contributed by atoms with Crippen molar-refractivity contribution in [3.8, 4) is 0 Å². The molecule has 0 heterocycles. The van der Waals surface area contributed by atoms with Crippen LogP contribution in [0, 0.1) is 0 Å². The minimum atomic E-state index is -0.105. The van der Waals surface area contributed by atoms with Crippen LogP contribution in [0.5, 0.6) is 0 Å². The van der Waals surface area contributed by atoms with Crippen molar-refractivity contribution < 1.29 is 5.11 Å². The van der Waals surface area contributed by atoms with Gasteiger partial charge in [-0.3, -0.25) is 0 Å². The minimum absolute atomic E-state index is 0.105. The highest BCUT2D eigenvalue weighted by Crippen LogP contribution is 2.22. The number of aliphatic hydroxyl groups excluding tert-OH is 1. The molecule has 0 fully saturated rings. The highest BCUT2D eigenvalue weighted by atomic mass is 16.3. The lowest BCUT2D eigenvalue weighted by Gasteiger charge is -2.06. The highest BCUT2D eigenvalue weighted by molar-refractivity contribution is 5.13. The van der Waals surface area contributed by atoms with Gasteiger partial charge in [0.15, 0.2) is 0 Å². The number of aliphatic hydroxyl groups is 1. The molecule has 0 aromatic heterocycles. The third-order valence-electron chi connectivity index (χ3n) is 2.09. The van der Waals surface area contributed by atoms with E-state index in [9.17, 15) is 5.11 Å². The van der Waals surface area contributed by atoms with E-state index in [4.69, 9.17) is 0 Å². The zero-order chi connectivity index (χ0) is 7.40. The van der Waals surface area contributed by atoms with Crippen LogP contribution in [0.3, 0.4) is 0 Å². The second kappa shape index (κ2) is 3.77. The predicted octanol–water partition coefficient (Wildman–Crippen LogP) is 2.26. The molecule has 10 heavy (non-hydrogen) atoms. The molecule has 0 amide bonds. The van der Waals surface area contributed by atoms with E-state index in [1.54, 1.807) is 0 Å². The van der Waals surface area contributed by atoms with Crippen molar-refractivity contribution in [2.45, 2.75) is 45.1 Å². The molecule has 1 unspecified atom stereocenters. The zero-order valence-electron chi connectivity index (χ0n) is 6.64.